The van der Waals surface area contributed by atoms with Crippen molar-refractivity contribution in [3.05, 3.63) is 0 Å². The number of amides is 1. The summed E-state index contributed by atoms with van der Waals surface area (Å²) in [5.41, 5.74) is 0. The number of hydrogen-bond acceptors (Lipinski definition) is 7. The lowest BCUT2D eigenvalue weighted by molar-refractivity contribution is -0.117. The fourth-order valence-electron chi connectivity index (χ4n) is 2.96. The number of anilines is 1. The molecule has 0 spiro atoms. The topological polar surface area (TPSA) is 70.2 Å². The van der Waals surface area contributed by atoms with Crippen molar-refractivity contribution in [2.75, 3.05) is 43.8 Å². The van der Waals surface area contributed by atoms with E-state index in [1.165, 1.54) is 11.5 Å². The van der Waals surface area contributed by atoms with Crippen LogP contribution in [0.1, 0.15) is 13.3 Å². The van der Waals surface area contributed by atoms with Crippen LogP contribution >= 0.6 is 23.3 Å². The lowest BCUT2D eigenvalue weighted by Gasteiger charge is -2.15. The molecule has 2 saturated heterocycles. The van der Waals surface area contributed by atoms with E-state index >= 15 is 0 Å². The number of nitrogens with one attached hydrogen (secondary N) is 2. The molecule has 3 rings (SSSR count). The van der Waals surface area contributed by atoms with Gasteiger partial charge in [-0.15, -0.1) is 0 Å². The second kappa shape index (κ2) is 7.04. The zero-order valence-electron chi connectivity index (χ0n) is 12.2. The summed E-state index contributed by atoms with van der Waals surface area (Å²) in [5.74, 6) is 2.47. The van der Waals surface area contributed by atoms with Gasteiger partial charge >= 0.3 is 0 Å². The summed E-state index contributed by atoms with van der Waals surface area (Å²) in [7, 11) is 0. The summed E-state index contributed by atoms with van der Waals surface area (Å²) in [4.78, 5) is 18.7. The van der Waals surface area contributed by atoms with Crippen LogP contribution in [0, 0.1) is 11.8 Å². The van der Waals surface area contributed by atoms with Crippen molar-refractivity contribution in [1.29, 1.82) is 0 Å². The quantitative estimate of drug-likeness (QED) is 0.763. The van der Waals surface area contributed by atoms with Gasteiger partial charge in [0, 0.05) is 30.4 Å². The van der Waals surface area contributed by atoms with E-state index in [0.29, 0.717) is 11.7 Å². The minimum absolute atomic E-state index is 0.0196. The van der Waals surface area contributed by atoms with E-state index in [4.69, 9.17) is 0 Å². The molecule has 0 bridgehead atoms. The van der Waals surface area contributed by atoms with Crippen molar-refractivity contribution >= 4 is 34.3 Å². The Kier molecular flexibility index (Phi) is 5.10. The van der Waals surface area contributed by atoms with Crippen LogP contribution in [0.25, 0.3) is 0 Å². The molecule has 0 aliphatic carbocycles. The Hall–Kier alpha value is -0.700. The average molecular weight is 327 g/mol. The van der Waals surface area contributed by atoms with Gasteiger partial charge in [-0.3, -0.25) is 15.0 Å². The van der Waals surface area contributed by atoms with Crippen LogP contribution in [0.4, 0.5) is 5.13 Å². The summed E-state index contributed by atoms with van der Waals surface area (Å²) < 4.78 is 4.24. The van der Waals surface area contributed by atoms with E-state index in [9.17, 15) is 4.79 Å². The number of hydrogen-bond donors (Lipinski definition) is 2. The Morgan fingerprint density at radius 2 is 2.24 bits per heavy atom. The highest BCUT2D eigenvalue weighted by Gasteiger charge is 2.36. The first-order valence-electron chi connectivity index (χ1n) is 7.44. The molecule has 0 radical (unpaired) electrons. The monoisotopic (exact) mass is 327 g/mol. The molecule has 1 aromatic rings. The number of thioether (sulfide) groups is 1. The molecule has 2 N–H and O–H groups in total. The maximum absolute atomic E-state index is 12.1. The van der Waals surface area contributed by atoms with Gasteiger partial charge in [0.05, 0.1) is 6.54 Å². The lowest BCUT2D eigenvalue weighted by Crippen LogP contribution is -2.33. The highest BCUT2D eigenvalue weighted by atomic mass is 32.2. The Bertz CT molecular complexity index is 483. The second-order valence-electron chi connectivity index (χ2n) is 5.65. The number of carbonyl (C=O) groups excluding carboxylic acids is 1. The first-order valence-corrected chi connectivity index (χ1v) is 9.20. The minimum Gasteiger partial charge on any atom is -0.316 e. The van der Waals surface area contributed by atoms with Crippen molar-refractivity contribution in [1.82, 2.24) is 19.6 Å². The Morgan fingerprint density at radius 3 is 2.95 bits per heavy atom. The van der Waals surface area contributed by atoms with E-state index < -0.39 is 0 Å². The molecular weight excluding hydrogens is 306 g/mol. The summed E-state index contributed by atoms with van der Waals surface area (Å²) in [6, 6.07) is 0. The molecule has 0 saturated carbocycles. The standard InChI is InChI=1S/C13H21N5OS2/c1-2-3-20-13-16-12(21-17-13)15-11(19)8-18-6-9-4-14-5-10(9)7-18/h9-10,14H,2-8H2,1H3,(H,15,16,17,19). The van der Waals surface area contributed by atoms with Gasteiger partial charge < -0.3 is 5.32 Å². The highest BCUT2D eigenvalue weighted by Crippen LogP contribution is 2.26. The largest absolute Gasteiger partial charge is 0.316 e. The van der Waals surface area contributed by atoms with E-state index in [0.717, 1.165) is 55.3 Å². The zero-order chi connectivity index (χ0) is 14.7. The summed E-state index contributed by atoms with van der Waals surface area (Å²) in [5, 5.41) is 7.65. The van der Waals surface area contributed by atoms with Crippen LogP contribution < -0.4 is 10.6 Å². The van der Waals surface area contributed by atoms with Crippen molar-refractivity contribution in [2.24, 2.45) is 11.8 Å². The molecule has 21 heavy (non-hydrogen) atoms. The van der Waals surface area contributed by atoms with Gasteiger partial charge in [-0.05, 0) is 31.3 Å². The third-order valence-electron chi connectivity index (χ3n) is 3.92. The van der Waals surface area contributed by atoms with Crippen LogP contribution in [0.15, 0.2) is 5.16 Å². The van der Waals surface area contributed by atoms with Crippen molar-refractivity contribution in [3.63, 3.8) is 0 Å². The first-order chi connectivity index (χ1) is 10.2. The SMILES string of the molecule is CCCSc1nsc(NC(=O)CN2CC3CNCC3C2)n1. The molecule has 116 valence electrons. The lowest BCUT2D eigenvalue weighted by atomic mass is 10.0. The van der Waals surface area contributed by atoms with Crippen LogP contribution in [0.5, 0.6) is 0 Å². The first kappa shape index (κ1) is 15.2. The summed E-state index contributed by atoms with van der Waals surface area (Å²) in [6.07, 6.45) is 1.09. The molecule has 2 aliphatic rings. The molecule has 2 aliphatic heterocycles. The minimum atomic E-state index is 0.0196. The van der Waals surface area contributed by atoms with Crippen molar-refractivity contribution < 1.29 is 4.79 Å². The fraction of sp³-hybridized carbons (Fsp3) is 0.769. The van der Waals surface area contributed by atoms with Crippen LogP contribution in [0.2, 0.25) is 0 Å². The predicted molar refractivity (Wildman–Crippen MR) is 85.8 cm³/mol. The third-order valence-corrected chi connectivity index (χ3v) is 5.72. The molecule has 3 heterocycles. The maximum atomic E-state index is 12.1. The van der Waals surface area contributed by atoms with Crippen LogP contribution in [0.3, 0.4) is 0 Å². The molecule has 1 aromatic heterocycles. The van der Waals surface area contributed by atoms with Crippen LogP contribution in [-0.2, 0) is 4.79 Å². The number of carbonyl (C=O) groups is 1. The average Bonchev–Trinajstić information content (AvgIpc) is 3.12. The highest BCUT2D eigenvalue weighted by molar-refractivity contribution is 7.99. The Morgan fingerprint density at radius 1 is 1.48 bits per heavy atom. The van der Waals surface area contributed by atoms with Crippen molar-refractivity contribution in [2.45, 2.75) is 18.5 Å². The van der Waals surface area contributed by atoms with E-state index in [1.54, 1.807) is 11.8 Å². The third kappa shape index (κ3) is 3.94. The van der Waals surface area contributed by atoms with Crippen molar-refractivity contribution in [3.8, 4) is 0 Å². The normalized spacial score (nSPS) is 25.2. The maximum Gasteiger partial charge on any atom is 0.240 e. The van der Waals surface area contributed by atoms with E-state index in [1.807, 2.05) is 0 Å². The number of rotatable bonds is 6. The molecule has 0 aromatic carbocycles. The smallest absolute Gasteiger partial charge is 0.240 e. The van der Waals surface area contributed by atoms with E-state index in [2.05, 4.69) is 31.8 Å². The molecule has 8 heteroatoms. The van der Waals surface area contributed by atoms with Gasteiger partial charge in [0.25, 0.3) is 0 Å². The number of fused-ring (bicyclic) bond motifs is 1. The van der Waals surface area contributed by atoms with Gasteiger partial charge in [-0.25, -0.2) is 0 Å². The number of aromatic nitrogens is 2. The summed E-state index contributed by atoms with van der Waals surface area (Å²) in [6.45, 7) is 6.83. The number of nitrogens with zero attached hydrogens (tertiary/aromatic N) is 3. The summed E-state index contributed by atoms with van der Waals surface area (Å²) >= 11 is 2.89. The second-order valence-corrected chi connectivity index (χ2v) is 7.47. The zero-order valence-corrected chi connectivity index (χ0v) is 13.8. The molecule has 2 unspecified atom stereocenters. The van der Waals surface area contributed by atoms with E-state index in [-0.39, 0.29) is 5.91 Å². The molecule has 1 amide bonds. The molecule has 6 nitrogen and oxygen atoms in total. The number of likely N-dealkylation sites (tertiary alicyclic amines) is 1. The van der Waals surface area contributed by atoms with Gasteiger partial charge in [0.15, 0.2) is 0 Å². The molecule has 2 fully saturated rings. The van der Waals surface area contributed by atoms with Crippen LogP contribution in [-0.4, -0.2) is 58.6 Å². The fourth-order valence-corrected chi connectivity index (χ4v) is 4.37. The Labute approximate surface area is 133 Å². The van der Waals surface area contributed by atoms with Gasteiger partial charge in [-0.1, -0.05) is 18.7 Å². The van der Waals surface area contributed by atoms with Gasteiger partial charge in [0.2, 0.25) is 16.2 Å². The predicted octanol–water partition coefficient (Wildman–Crippen LogP) is 1.13. The molecular formula is C13H21N5OS2. The van der Waals surface area contributed by atoms with Gasteiger partial charge in [-0.2, -0.15) is 9.36 Å². The Balaban J connectivity index is 1.45. The van der Waals surface area contributed by atoms with Gasteiger partial charge in [0.1, 0.15) is 0 Å². The molecule has 2 atom stereocenters.